The number of ether oxygens (including phenoxy) is 1. The number of hydrogen-bond acceptors (Lipinski definition) is 5. The Hall–Kier alpha value is -1.43. The van der Waals surface area contributed by atoms with Crippen molar-refractivity contribution >= 4 is 5.91 Å². The van der Waals surface area contributed by atoms with Gasteiger partial charge >= 0.3 is 0 Å². The van der Waals surface area contributed by atoms with E-state index in [4.69, 9.17) is 9.26 Å². The Morgan fingerprint density at radius 1 is 1.29 bits per heavy atom. The first-order chi connectivity index (χ1) is 10.3. The van der Waals surface area contributed by atoms with Crippen molar-refractivity contribution in [3.05, 3.63) is 12.2 Å². The van der Waals surface area contributed by atoms with Crippen LogP contribution in [0, 0.1) is 5.92 Å². The van der Waals surface area contributed by atoms with Crippen molar-refractivity contribution in [1.29, 1.82) is 0 Å². The van der Waals surface area contributed by atoms with Crippen molar-refractivity contribution < 1.29 is 14.1 Å². The SMILES string of the molecule is O=C(CC1CCCCC1)NC1(c2ncon2)CCOCC1. The first-order valence-electron chi connectivity index (χ1n) is 7.94. The minimum atomic E-state index is -0.517. The minimum Gasteiger partial charge on any atom is -0.381 e. The lowest BCUT2D eigenvalue weighted by molar-refractivity contribution is -0.125. The monoisotopic (exact) mass is 293 g/mol. The minimum absolute atomic E-state index is 0.105. The lowest BCUT2D eigenvalue weighted by atomic mass is 9.85. The highest BCUT2D eigenvalue weighted by atomic mass is 16.5. The Balaban J connectivity index is 1.65. The van der Waals surface area contributed by atoms with Crippen LogP contribution in [-0.2, 0) is 15.1 Å². The molecule has 1 aromatic rings. The van der Waals surface area contributed by atoms with Crippen LogP contribution in [0.4, 0.5) is 0 Å². The van der Waals surface area contributed by atoms with Gasteiger partial charge in [-0.3, -0.25) is 4.79 Å². The fourth-order valence-corrected chi connectivity index (χ4v) is 3.48. The van der Waals surface area contributed by atoms with Crippen molar-refractivity contribution in [3.63, 3.8) is 0 Å². The second-order valence-corrected chi connectivity index (χ2v) is 6.21. The second kappa shape index (κ2) is 6.56. The van der Waals surface area contributed by atoms with Gasteiger partial charge in [0, 0.05) is 32.5 Å². The Labute approximate surface area is 124 Å². The molecule has 116 valence electrons. The predicted molar refractivity (Wildman–Crippen MR) is 75.4 cm³/mol. The predicted octanol–water partition coefficient (Wildman–Crippen LogP) is 2.16. The van der Waals surface area contributed by atoms with Gasteiger partial charge in [-0.25, -0.2) is 0 Å². The van der Waals surface area contributed by atoms with Gasteiger partial charge in [0.05, 0.1) is 0 Å². The van der Waals surface area contributed by atoms with Crippen LogP contribution in [0.15, 0.2) is 10.9 Å². The normalized spacial score (nSPS) is 22.9. The van der Waals surface area contributed by atoms with Crippen molar-refractivity contribution in [2.24, 2.45) is 5.92 Å². The van der Waals surface area contributed by atoms with Crippen LogP contribution in [0.5, 0.6) is 0 Å². The van der Waals surface area contributed by atoms with Crippen LogP contribution >= 0.6 is 0 Å². The summed E-state index contributed by atoms with van der Waals surface area (Å²) in [7, 11) is 0. The summed E-state index contributed by atoms with van der Waals surface area (Å²) in [5.74, 6) is 1.21. The standard InChI is InChI=1S/C15H23N3O3/c19-13(10-12-4-2-1-3-5-12)17-15(6-8-20-9-7-15)14-16-11-21-18-14/h11-12H,1-10H2,(H,17,19). The molecule has 6 nitrogen and oxygen atoms in total. The molecule has 2 fully saturated rings. The highest BCUT2D eigenvalue weighted by Gasteiger charge is 2.40. The number of nitrogens with one attached hydrogen (secondary N) is 1. The molecule has 2 aliphatic rings. The van der Waals surface area contributed by atoms with Gasteiger partial charge in [0.15, 0.2) is 5.82 Å². The molecular formula is C15H23N3O3. The van der Waals surface area contributed by atoms with Crippen LogP contribution in [-0.4, -0.2) is 29.3 Å². The molecule has 21 heavy (non-hydrogen) atoms. The average molecular weight is 293 g/mol. The lowest BCUT2D eigenvalue weighted by Crippen LogP contribution is -2.50. The van der Waals surface area contributed by atoms with Gasteiger partial charge in [0.25, 0.3) is 0 Å². The van der Waals surface area contributed by atoms with E-state index < -0.39 is 5.54 Å². The molecule has 0 bridgehead atoms. The third kappa shape index (κ3) is 3.43. The molecule has 3 rings (SSSR count). The maximum Gasteiger partial charge on any atom is 0.221 e. The molecule has 0 aromatic carbocycles. The third-order valence-electron chi connectivity index (χ3n) is 4.71. The summed E-state index contributed by atoms with van der Waals surface area (Å²) in [5, 5.41) is 7.13. The van der Waals surface area contributed by atoms with Crippen molar-refractivity contribution in [2.75, 3.05) is 13.2 Å². The van der Waals surface area contributed by atoms with Gasteiger partial charge < -0.3 is 14.6 Å². The molecule has 6 heteroatoms. The van der Waals surface area contributed by atoms with Crippen LogP contribution in [0.2, 0.25) is 0 Å². The molecule has 1 aromatic heterocycles. The second-order valence-electron chi connectivity index (χ2n) is 6.21. The molecule has 1 amide bonds. The zero-order valence-electron chi connectivity index (χ0n) is 12.3. The number of nitrogens with zero attached hydrogens (tertiary/aromatic N) is 2. The van der Waals surface area contributed by atoms with E-state index in [1.807, 2.05) is 0 Å². The fraction of sp³-hybridized carbons (Fsp3) is 0.800. The molecule has 2 heterocycles. The molecule has 1 aliphatic carbocycles. The maximum absolute atomic E-state index is 12.4. The van der Waals surface area contributed by atoms with Gasteiger partial charge in [0.2, 0.25) is 12.3 Å². The zero-order chi connectivity index (χ0) is 14.5. The van der Waals surface area contributed by atoms with E-state index in [1.165, 1.54) is 38.5 Å². The van der Waals surface area contributed by atoms with E-state index in [2.05, 4.69) is 15.5 Å². The summed E-state index contributed by atoms with van der Waals surface area (Å²) in [6, 6.07) is 0. The highest BCUT2D eigenvalue weighted by Crippen LogP contribution is 2.31. The molecule has 1 saturated carbocycles. The van der Waals surface area contributed by atoms with Gasteiger partial charge in [0.1, 0.15) is 5.54 Å². The van der Waals surface area contributed by atoms with Gasteiger partial charge in [-0.05, 0) is 18.8 Å². The fourth-order valence-electron chi connectivity index (χ4n) is 3.48. The lowest BCUT2D eigenvalue weighted by Gasteiger charge is -2.35. The Bertz CT molecular complexity index is 449. The smallest absolute Gasteiger partial charge is 0.221 e. The van der Waals surface area contributed by atoms with Crippen molar-refractivity contribution in [2.45, 2.75) is 56.9 Å². The Kier molecular flexibility index (Phi) is 4.53. The van der Waals surface area contributed by atoms with Crippen LogP contribution in [0.1, 0.15) is 57.2 Å². The van der Waals surface area contributed by atoms with Gasteiger partial charge in [-0.1, -0.05) is 24.4 Å². The molecule has 1 N–H and O–H groups in total. The molecule has 0 unspecified atom stereocenters. The zero-order valence-corrected chi connectivity index (χ0v) is 12.3. The average Bonchev–Trinajstić information content (AvgIpc) is 3.04. The summed E-state index contributed by atoms with van der Waals surface area (Å²) in [6.07, 6.45) is 9.48. The number of carbonyl (C=O) groups excluding carboxylic acids is 1. The van der Waals surface area contributed by atoms with E-state index in [-0.39, 0.29) is 5.91 Å². The summed E-state index contributed by atoms with van der Waals surface area (Å²) < 4.78 is 10.3. The Morgan fingerprint density at radius 2 is 2.05 bits per heavy atom. The number of rotatable bonds is 4. The molecular weight excluding hydrogens is 270 g/mol. The van der Waals surface area contributed by atoms with Gasteiger partial charge in [-0.2, -0.15) is 4.98 Å². The topological polar surface area (TPSA) is 77.3 Å². The van der Waals surface area contributed by atoms with Crippen molar-refractivity contribution in [3.8, 4) is 0 Å². The quantitative estimate of drug-likeness (QED) is 0.920. The van der Waals surface area contributed by atoms with Crippen molar-refractivity contribution in [1.82, 2.24) is 15.5 Å². The molecule has 0 atom stereocenters. The first-order valence-corrected chi connectivity index (χ1v) is 7.94. The van der Waals surface area contributed by atoms with E-state index in [1.54, 1.807) is 0 Å². The summed E-state index contributed by atoms with van der Waals surface area (Å²) in [5.41, 5.74) is -0.517. The van der Waals surface area contributed by atoms with E-state index in [9.17, 15) is 4.79 Å². The van der Waals surface area contributed by atoms with Crippen LogP contribution in [0.3, 0.4) is 0 Å². The number of hydrogen-bond donors (Lipinski definition) is 1. The number of amides is 1. The first kappa shape index (κ1) is 14.5. The van der Waals surface area contributed by atoms with E-state index in [0.29, 0.717) is 44.2 Å². The summed E-state index contributed by atoms with van der Waals surface area (Å²) >= 11 is 0. The highest BCUT2D eigenvalue weighted by molar-refractivity contribution is 5.77. The van der Waals surface area contributed by atoms with E-state index >= 15 is 0 Å². The number of carbonyl (C=O) groups is 1. The largest absolute Gasteiger partial charge is 0.381 e. The van der Waals surface area contributed by atoms with Crippen LogP contribution < -0.4 is 5.32 Å². The molecule has 1 aliphatic heterocycles. The van der Waals surface area contributed by atoms with Crippen LogP contribution in [0.25, 0.3) is 0 Å². The van der Waals surface area contributed by atoms with E-state index in [0.717, 1.165) is 0 Å². The summed E-state index contributed by atoms with van der Waals surface area (Å²) in [6.45, 7) is 1.22. The molecule has 1 saturated heterocycles. The number of aromatic nitrogens is 2. The third-order valence-corrected chi connectivity index (χ3v) is 4.71. The summed E-state index contributed by atoms with van der Waals surface area (Å²) in [4.78, 5) is 16.6. The van der Waals surface area contributed by atoms with Gasteiger partial charge in [-0.15, -0.1) is 0 Å². The molecule has 0 spiro atoms. The molecule has 0 radical (unpaired) electrons. The Morgan fingerprint density at radius 3 is 2.71 bits per heavy atom. The maximum atomic E-state index is 12.4.